The van der Waals surface area contributed by atoms with Gasteiger partial charge < -0.3 is 9.88 Å². The third kappa shape index (κ3) is 2.84. The van der Waals surface area contributed by atoms with Crippen LogP contribution in [0.5, 0.6) is 0 Å². The molecule has 100 valence electrons. The first-order valence-electron chi connectivity index (χ1n) is 6.86. The average Bonchev–Trinajstić information content (AvgIpc) is 2.85. The summed E-state index contributed by atoms with van der Waals surface area (Å²) in [6.07, 6.45) is 6.93. The van der Waals surface area contributed by atoms with E-state index in [9.17, 15) is 0 Å². The fourth-order valence-electron chi connectivity index (χ4n) is 2.64. The molecule has 4 heteroatoms. The van der Waals surface area contributed by atoms with Crippen LogP contribution in [0.25, 0.3) is 0 Å². The van der Waals surface area contributed by atoms with E-state index in [-0.39, 0.29) is 0 Å². The number of hydrogen-bond acceptors (Lipinski definition) is 2. The summed E-state index contributed by atoms with van der Waals surface area (Å²) < 4.78 is 3.42. The first kappa shape index (κ1) is 12.7. The Bertz CT molecular complexity index is 562. The summed E-state index contributed by atoms with van der Waals surface area (Å²) in [5.74, 6) is 0. The second-order valence-corrected chi connectivity index (χ2v) is 5.80. The molecule has 0 aliphatic heterocycles. The van der Waals surface area contributed by atoms with Gasteiger partial charge in [0.2, 0.25) is 0 Å². The number of aromatic nitrogens is 2. The number of anilines is 1. The molecule has 0 atom stereocenters. The number of benzene rings is 1. The minimum atomic E-state index is 0.922. The summed E-state index contributed by atoms with van der Waals surface area (Å²) in [6.45, 7) is 1.90. The van der Waals surface area contributed by atoms with E-state index in [1.54, 1.807) is 0 Å². The van der Waals surface area contributed by atoms with Gasteiger partial charge in [-0.2, -0.15) is 0 Å². The largest absolute Gasteiger partial charge is 0.382 e. The lowest BCUT2D eigenvalue weighted by Gasteiger charge is -2.15. The molecule has 0 unspecified atom stereocenters. The third-order valence-corrected chi connectivity index (χ3v) is 4.34. The van der Waals surface area contributed by atoms with Gasteiger partial charge in [-0.15, -0.1) is 0 Å². The Morgan fingerprint density at radius 1 is 1.21 bits per heavy atom. The summed E-state index contributed by atoms with van der Waals surface area (Å²) in [6, 6.07) is 8.22. The minimum absolute atomic E-state index is 0.922. The Kier molecular flexibility index (Phi) is 3.87. The van der Waals surface area contributed by atoms with Crippen molar-refractivity contribution in [2.75, 3.05) is 11.9 Å². The Morgan fingerprint density at radius 3 is 2.95 bits per heavy atom. The molecule has 0 bridgehead atoms. The summed E-state index contributed by atoms with van der Waals surface area (Å²) in [4.78, 5) is 4.53. The molecule has 1 heterocycles. The molecule has 1 N–H and O–H groups in total. The fourth-order valence-corrected chi connectivity index (χ4v) is 3.06. The molecule has 0 spiro atoms. The Labute approximate surface area is 122 Å². The van der Waals surface area contributed by atoms with Gasteiger partial charge in [0, 0.05) is 28.9 Å². The number of nitrogens with zero attached hydrogens (tertiary/aromatic N) is 2. The second kappa shape index (κ2) is 5.78. The van der Waals surface area contributed by atoms with Crippen LogP contribution in [0.3, 0.4) is 0 Å². The number of fused-ring (bicyclic) bond motifs is 1. The van der Waals surface area contributed by atoms with Gasteiger partial charge in [-0.05, 0) is 53.7 Å². The van der Waals surface area contributed by atoms with Crippen molar-refractivity contribution in [1.29, 1.82) is 0 Å². The van der Waals surface area contributed by atoms with E-state index < -0.39 is 0 Å². The molecule has 19 heavy (non-hydrogen) atoms. The quantitative estimate of drug-likeness (QED) is 0.932. The van der Waals surface area contributed by atoms with E-state index in [1.165, 1.54) is 30.7 Å². The topological polar surface area (TPSA) is 29.9 Å². The zero-order valence-electron chi connectivity index (χ0n) is 10.9. The SMILES string of the molecule is Brc1ccccc1NCCn1cnc2c1CCCC2. The molecule has 1 aromatic carbocycles. The minimum Gasteiger partial charge on any atom is -0.382 e. The van der Waals surface area contributed by atoms with Crippen LogP contribution in [0.4, 0.5) is 5.69 Å². The van der Waals surface area contributed by atoms with Crippen LogP contribution in [-0.4, -0.2) is 16.1 Å². The number of rotatable bonds is 4. The molecule has 1 aliphatic rings. The van der Waals surface area contributed by atoms with E-state index in [0.29, 0.717) is 0 Å². The van der Waals surface area contributed by atoms with E-state index in [4.69, 9.17) is 0 Å². The van der Waals surface area contributed by atoms with Gasteiger partial charge in [-0.1, -0.05) is 12.1 Å². The molecular weight excluding hydrogens is 302 g/mol. The Hall–Kier alpha value is -1.29. The van der Waals surface area contributed by atoms with Crippen LogP contribution in [0.2, 0.25) is 0 Å². The molecule has 0 saturated carbocycles. The monoisotopic (exact) mass is 319 g/mol. The van der Waals surface area contributed by atoms with Crippen molar-refractivity contribution in [3.63, 3.8) is 0 Å². The Balaban J connectivity index is 1.61. The van der Waals surface area contributed by atoms with E-state index >= 15 is 0 Å². The normalized spacial score (nSPS) is 14.2. The molecule has 0 saturated heterocycles. The highest BCUT2D eigenvalue weighted by atomic mass is 79.9. The predicted molar refractivity (Wildman–Crippen MR) is 81.5 cm³/mol. The molecule has 3 rings (SSSR count). The van der Waals surface area contributed by atoms with E-state index in [2.05, 4.69) is 42.9 Å². The summed E-state index contributed by atoms with van der Waals surface area (Å²) in [5, 5.41) is 3.46. The van der Waals surface area contributed by atoms with Crippen molar-refractivity contribution in [2.24, 2.45) is 0 Å². The molecular formula is C15H18BrN3. The molecule has 1 aromatic heterocycles. The van der Waals surface area contributed by atoms with Gasteiger partial charge in [-0.3, -0.25) is 0 Å². The van der Waals surface area contributed by atoms with Crippen molar-refractivity contribution in [1.82, 2.24) is 9.55 Å². The van der Waals surface area contributed by atoms with Gasteiger partial charge in [0.05, 0.1) is 12.0 Å². The fraction of sp³-hybridized carbons (Fsp3) is 0.400. The van der Waals surface area contributed by atoms with Crippen LogP contribution in [0.1, 0.15) is 24.2 Å². The molecule has 0 fully saturated rings. The van der Waals surface area contributed by atoms with Crippen LogP contribution >= 0.6 is 15.9 Å². The van der Waals surface area contributed by atoms with Crippen molar-refractivity contribution in [3.8, 4) is 0 Å². The maximum Gasteiger partial charge on any atom is 0.0952 e. The van der Waals surface area contributed by atoms with Crippen LogP contribution < -0.4 is 5.32 Å². The lowest BCUT2D eigenvalue weighted by molar-refractivity contribution is 0.613. The van der Waals surface area contributed by atoms with Crippen LogP contribution in [0, 0.1) is 0 Å². The van der Waals surface area contributed by atoms with Gasteiger partial charge in [-0.25, -0.2) is 4.98 Å². The number of imidazole rings is 1. The average molecular weight is 320 g/mol. The lowest BCUT2D eigenvalue weighted by Crippen LogP contribution is -2.14. The molecule has 3 nitrogen and oxygen atoms in total. The van der Waals surface area contributed by atoms with Gasteiger partial charge in [0.15, 0.2) is 0 Å². The molecule has 1 aliphatic carbocycles. The highest BCUT2D eigenvalue weighted by Gasteiger charge is 2.14. The molecule has 0 radical (unpaired) electrons. The first-order chi connectivity index (χ1) is 9.34. The van der Waals surface area contributed by atoms with Gasteiger partial charge >= 0.3 is 0 Å². The van der Waals surface area contributed by atoms with Crippen molar-refractivity contribution in [3.05, 3.63) is 46.5 Å². The van der Waals surface area contributed by atoms with Crippen molar-refractivity contribution >= 4 is 21.6 Å². The predicted octanol–water partition coefficient (Wildman–Crippen LogP) is 3.64. The number of hydrogen-bond donors (Lipinski definition) is 1. The standard InChI is InChI=1S/C15H18BrN3/c16-12-5-1-2-6-13(12)17-9-10-19-11-18-14-7-3-4-8-15(14)19/h1-2,5-6,11,17H,3-4,7-10H2. The smallest absolute Gasteiger partial charge is 0.0952 e. The number of nitrogens with one attached hydrogen (secondary N) is 1. The summed E-state index contributed by atoms with van der Waals surface area (Å²) >= 11 is 3.55. The zero-order chi connectivity index (χ0) is 13.1. The van der Waals surface area contributed by atoms with E-state index in [0.717, 1.165) is 29.7 Å². The maximum absolute atomic E-state index is 4.53. The van der Waals surface area contributed by atoms with E-state index in [1.807, 2.05) is 18.5 Å². The van der Waals surface area contributed by atoms with Gasteiger partial charge in [0.1, 0.15) is 0 Å². The Morgan fingerprint density at radius 2 is 2.05 bits per heavy atom. The summed E-state index contributed by atoms with van der Waals surface area (Å²) in [7, 11) is 0. The molecule has 2 aromatic rings. The van der Waals surface area contributed by atoms with Crippen LogP contribution in [0.15, 0.2) is 35.1 Å². The van der Waals surface area contributed by atoms with Gasteiger partial charge in [0.25, 0.3) is 0 Å². The highest BCUT2D eigenvalue weighted by Crippen LogP contribution is 2.22. The summed E-state index contributed by atoms with van der Waals surface area (Å²) in [5.41, 5.74) is 3.91. The lowest BCUT2D eigenvalue weighted by atomic mass is 10.0. The molecule has 0 amide bonds. The number of aryl methyl sites for hydroxylation is 1. The van der Waals surface area contributed by atoms with Crippen molar-refractivity contribution < 1.29 is 0 Å². The third-order valence-electron chi connectivity index (χ3n) is 3.65. The maximum atomic E-state index is 4.53. The second-order valence-electron chi connectivity index (χ2n) is 4.95. The number of para-hydroxylation sites is 1. The first-order valence-corrected chi connectivity index (χ1v) is 7.65. The van der Waals surface area contributed by atoms with Crippen molar-refractivity contribution in [2.45, 2.75) is 32.2 Å². The highest BCUT2D eigenvalue weighted by molar-refractivity contribution is 9.10. The number of halogens is 1. The van der Waals surface area contributed by atoms with Crippen LogP contribution in [-0.2, 0) is 19.4 Å². The zero-order valence-corrected chi connectivity index (χ0v) is 12.5.